The number of aromatic amines is 1. The SMILES string of the molecule is CC1=NN(c2cccc3ccccc23)C(=O)/C1=C/c1c(O)n(-c2ccc(C)cc2)c(=O)[nH]c1=O. The van der Waals surface area contributed by atoms with Crippen LogP contribution < -0.4 is 16.3 Å². The van der Waals surface area contributed by atoms with Gasteiger partial charge in [0.15, 0.2) is 0 Å². The van der Waals surface area contributed by atoms with E-state index in [0.29, 0.717) is 17.1 Å². The number of aryl methyl sites for hydroxylation is 1. The molecule has 0 saturated carbocycles. The van der Waals surface area contributed by atoms with E-state index in [1.165, 1.54) is 11.1 Å². The second-order valence-electron chi connectivity index (χ2n) is 8.03. The summed E-state index contributed by atoms with van der Waals surface area (Å²) in [6.45, 7) is 3.54. The van der Waals surface area contributed by atoms with Crippen LogP contribution in [0.15, 0.2) is 87.0 Å². The van der Waals surface area contributed by atoms with Gasteiger partial charge in [0.2, 0.25) is 5.88 Å². The highest BCUT2D eigenvalue weighted by atomic mass is 16.3. The topological polar surface area (TPSA) is 108 Å². The number of H-pyrrole nitrogens is 1. The minimum absolute atomic E-state index is 0.142. The number of aromatic hydroxyl groups is 1. The maximum atomic E-state index is 13.3. The first-order valence-electron chi connectivity index (χ1n) is 10.6. The quantitative estimate of drug-likeness (QED) is 0.464. The molecule has 1 aliphatic rings. The molecule has 34 heavy (non-hydrogen) atoms. The largest absolute Gasteiger partial charge is 0.494 e. The monoisotopic (exact) mass is 452 g/mol. The Morgan fingerprint density at radius 3 is 2.38 bits per heavy atom. The molecule has 2 heterocycles. The van der Waals surface area contributed by atoms with Crippen molar-refractivity contribution in [3.63, 3.8) is 0 Å². The second kappa shape index (κ2) is 8.00. The van der Waals surface area contributed by atoms with Gasteiger partial charge in [0.25, 0.3) is 11.5 Å². The van der Waals surface area contributed by atoms with E-state index in [-0.39, 0.29) is 11.1 Å². The van der Waals surface area contributed by atoms with Crippen LogP contribution >= 0.6 is 0 Å². The van der Waals surface area contributed by atoms with Crippen molar-refractivity contribution < 1.29 is 9.90 Å². The first kappa shape index (κ1) is 21.1. The highest BCUT2D eigenvalue weighted by molar-refractivity contribution is 6.33. The van der Waals surface area contributed by atoms with Crippen LogP contribution in [0.25, 0.3) is 22.5 Å². The predicted molar refractivity (Wildman–Crippen MR) is 132 cm³/mol. The molecule has 0 bridgehead atoms. The highest BCUT2D eigenvalue weighted by Gasteiger charge is 2.30. The van der Waals surface area contributed by atoms with E-state index >= 15 is 0 Å². The number of carbonyl (C=O) groups is 1. The molecule has 8 heteroatoms. The van der Waals surface area contributed by atoms with Gasteiger partial charge in [0.05, 0.1) is 22.7 Å². The number of hydrogen-bond acceptors (Lipinski definition) is 5. The molecule has 0 unspecified atom stereocenters. The average Bonchev–Trinajstić information content (AvgIpc) is 3.10. The molecule has 0 saturated heterocycles. The zero-order valence-electron chi connectivity index (χ0n) is 18.4. The van der Waals surface area contributed by atoms with Gasteiger partial charge in [-0.1, -0.05) is 54.1 Å². The van der Waals surface area contributed by atoms with Gasteiger partial charge in [-0.2, -0.15) is 10.1 Å². The summed E-state index contributed by atoms with van der Waals surface area (Å²) in [6.07, 6.45) is 1.27. The minimum Gasteiger partial charge on any atom is -0.494 e. The first-order chi connectivity index (χ1) is 16.3. The third-order valence-electron chi connectivity index (χ3n) is 5.76. The van der Waals surface area contributed by atoms with Crippen molar-refractivity contribution in [2.45, 2.75) is 13.8 Å². The lowest BCUT2D eigenvalue weighted by atomic mass is 10.1. The number of nitrogens with zero attached hydrogens (tertiary/aromatic N) is 3. The van der Waals surface area contributed by atoms with Crippen LogP contribution in [0.4, 0.5) is 5.69 Å². The molecule has 8 nitrogen and oxygen atoms in total. The van der Waals surface area contributed by atoms with Crippen molar-refractivity contribution in [3.8, 4) is 11.6 Å². The van der Waals surface area contributed by atoms with Crippen molar-refractivity contribution in [2.75, 3.05) is 5.01 Å². The Morgan fingerprint density at radius 2 is 1.62 bits per heavy atom. The summed E-state index contributed by atoms with van der Waals surface area (Å²) in [6, 6.07) is 20.1. The number of amides is 1. The van der Waals surface area contributed by atoms with Gasteiger partial charge in [-0.25, -0.2) is 9.36 Å². The molecule has 4 aromatic rings. The Morgan fingerprint density at radius 1 is 0.912 bits per heavy atom. The number of nitrogens with one attached hydrogen (secondary N) is 1. The normalized spacial score (nSPS) is 14.8. The molecular weight excluding hydrogens is 432 g/mol. The van der Waals surface area contributed by atoms with Gasteiger partial charge in [-0.05, 0) is 43.5 Å². The van der Waals surface area contributed by atoms with E-state index in [0.717, 1.165) is 20.9 Å². The van der Waals surface area contributed by atoms with Crippen molar-refractivity contribution in [3.05, 3.63) is 104 Å². The summed E-state index contributed by atoms with van der Waals surface area (Å²) in [5.74, 6) is -1.00. The molecule has 3 aromatic carbocycles. The summed E-state index contributed by atoms with van der Waals surface area (Å²) >= 11 is 0. The molecular formula is C26H20N4O4. The number of anilines is 1. The third-order valence-corrected chi connectivity index (χ3v) is 5.76. The van der Waals surface area contributed by atoms with Crippen molar-refractivity contribution >= 4 is 34.2 Å². The minimum atomic E-state index is -0.803. The van der Waals surface area contributed by atoms with Crippen LogP contribution in [-0.4, -0.2) is 26.3 Å². The van der Waals surface area contributed by atoms with Crippen LogP contribution in [-0.2, 0) is 4.79 Å². The van der Waals surface area contributed by atoms with Gasteiger partial charge in [-0.3, -0.25) is 14.6 Å². The van der Waals surface area contributed by atoms with Crippen LogP contribution in [0.2, 0.25) is 0 Å². The smallest absolute Gasteiger partial charge is 0.335 e. The van der Waals surface area contributed by atoms with Crippen LogP contribution in [0, 0.1) is 6.92 Å². The molecule has 0 radical (unpaired) electrons. The second-order valence-corrected chi connectivity index (χ2v) is 8.03. The van der Waals surface area contributed by atoms with E-state index in [4.69, 9.17) is 0 Å². The molecule has 168 valence electrons. The van der Waals surface area contributed by atoms with Gasteiger partial charge >= 0.3 is 5.69 Å². The number of aromatic nitrogens is 2. The van der Waals surface area contributed by atoms with Gasteiger partial charge in [0.1, 0.15) is 5.56 Å². The summed E-state index contributed by atoms with van der Waals surface area (Å²) in [4.78, 5) is 40.6. The molecule has 0 aliphatic carbocycles. The summed E-state index contributed by atoms with van der Waals surface area (Å²) < 4.78 is 0.988. The van der Waals surface area contributed by atoms with E-state index < -0.39 is 23.0 Å². The molecule has 2 N–H and O–H groups in total. The molecule has 0 spiro atoms. The van der Waals surface area contributed by atoms with Crippen molar-refractivity contribution in [1.82, 2.24) is 9.55 Å². The fourth-order valence-corrected chi connectivity index (χ4v) is 3.99. The van der Waals surface area contributed by atoms with E-state index in [2.05, 4.69) is 10.1 Å². The fourth-order valence-electron chi connectivity index (χ4n) is 3.99. The van der Waals surface area contributed by atoms with Crippen LogP contribution in [0.5, 0.6) is 5.88 Å². The Bertz CT molecular complexity index is 1640. The lowest BCUT2D eigenvalue weighted by Gasteiger charge is -2.14. The molecule has 1 amide bonds. The maximum Gasteiger partial charge on any atom is 0.335 e. The molecule has 1 aromatic heterocycles. The van der Waals surface area contributed by atoms with Crippen molar-refractivity contribution in [2.24, 2.45) is 5.10 Å². The van der Waals surface area contributed by atoms with Crippen LogP contribution in [0.1, 0.15) is 18.1 Å². The molecule has 0 atom stereocenters. The lowest BCUT2D eigenvalue weighted by Crippen LogP contribution is -2.30. The Kier molecular flexibility index (Phi) is 4.98. The molecule has 1 aliphatic heterocycles. The molecule has 0 fully saturated rings. The van der Waals surface area contributed by atoms with Crippen molar-refractivity contribution in [1.29, 1.82) is 0 Å². The van der Waals surface area contributed by atoms with Gasteiger partial charge < -0.3 is 5.11 Å². The summed E-state index contributed by atoms with van der Waals surface area (Å²) in [5, 5.41) is 18.4. The average molecular weight is 452 g/mol. The zero-order chi connectivity index (χ0) is 24.0. The Hall–Kier alpha value is -4.72. The Balaban J connectivity index is 1.62. The van der Waals surface area contributed by atoms with E-state index in [9.17, 15) is 19.5 Å². The predicted octanol–water partition coefficient (Wildman–Crippen LogP) is 3.50. The first-order valence-corrected chi connectivity index (χ1v) is 10.6. The van der Waals surface area contributed by atoms with E-state index in [1.54, 1.807) is 37.3 Å². The van der Waals surface area contributed by atoms with E-state index in [1.807, 2.05) is 43.3 Å². The Labute approximate surface area is 193 Å². The third kappa shape index (κ3) is 3.41. The number of hydrazone groups is 1. The standard InChI is InChI=1S/C26H20N4O4/c1-15-10-12-18(13-11-15)29-24(32)21(23(31)27-26(29)34)14-20-16(2)28-30(25(20)33)22-9-5-7-17-6-3-4-8-19(17)22/h3-14,32H,1-2H3,(H,27,31,34)/b20-14+. The number of carbonyl (C=O) groups excluding carboxylic acids is 1. The molecule has 5 rings (SSSR count). The maximum absolute atomic E-state index is 13.3. The zero-order valence-corrected chi connectivity index (χ0v) is 18.4. The lowest BCUT2D eigenvalue weighted by molar-refractivity contribution is -0.114. The van der Waals surface area contributed by atoms with Gasteiger partial charge in [0, 0.05) is 5.39 Å². The van der Waals surface area contributed by atoms with Crippen LogP contribution in [0.3, 0.4) is 0 Å². The summed E-state index contributed by atoms with van der Waals surface area (Å²) in [5.41, 5.74) is 0.681. The van der Waals surface area contributed by atoms with Gasteiger partial charge in [-0.15, -0.1) is 0 Å². The highest BCUT2D eigenvalue weighted by Crippen LogP contribution is 2.32. The number of rotatable bonds is 3. The fraction of sp³-hybridized carbons (Fsp3) is 0.0769. The summed E-state index contributed by atoms with van der Waals surface area (Å²) in [7, 11) is 0. The number of benzene rings is 3. The number of fused-ring (bicyclic) bond motifs is 1. The number of hydrogen-bond donors (Lipinski definition) is 2.